The van der Waals surface area contributed by atoms with Gasteiger partial charge in [-0.2, -0.15) is 0 Å². The highest BCUT2D eigenvalue weighted by molar-refractivity contribution is 8.00. The molecule has 0 aliphatic carbocycles. The van der Waals surface area contributed by atoms with Gasteiger partial charge in [0.1, 0.15) is 0 Å². The second-order valence-corrected chi connectivity index (χ2v) is 6.58. The summed E-state index contributed by atoms with van der Waals surface area (Å²) in [6, 6.07) is 5.68. The van der Waals surface area contributed by atoms with Crippen molar-refractivity contribution in [1.82, 2.24) is 5.32 Å². The van der Waals surface area contributed by atoms with Crippen molar-refractivity contribution < 1.29 is 9.59 Å². The van der Waals surface area contributed by atoms with Crippen LogP contribution in [0.1, 0.15) is 19.8 Å². The van der Waals surface area contributed by atoms with Gasteiger partial charge in [-0.3, -0.25) is 9.59 Å². The molecule has 3 N–H and O–H groups in total. The van der Waals surface area contributed by atoms with Crippen molar-refractivity contribution in [2.75, 3.05) is 29.5 Å². The molecule has 2 aliphatic heterocycles. The second-order valence-electron chi connectivity index (χ2n) is 5.56. The first-order valence-corrected chi connectivity index (χ1v) is 8.20. The molecule has 1 aromatic rings. The third kappa shape index (κ3) is 2.78. The maximum absolute atomic E-state index is 12.6. The van der Waals surface area contributed by atoms with E-state index in [1.54, 1.807) is 0 Å². The normalized spacial score (nSPS) is 24.3. The standard InChI is InChI=1S/C15H19N3O2S/c1-2-15(5-6-16-9-15)14(20)17-10-3-4-12-11(7-10)18-13(19)8-21-12/h3-4,7,16H,2,5-6,8-9H2,1H3,(H,17,20)(H,18,19). The molecule has 2 amide bonds. The smallest absolute Gasteiger partial charge is 0.234 e. The van der Waals surface area contributed by atoms with E-state index in [0.29, 0.717) is 5.75 Å². The zero-order chi connectivity index (χ0) is 14.9. The third-order valence-electron chi connectivity index (χ3n) is 4.27. The Morgan fingerprint density at radius 2 is 2.33 bits per heavy atom. The third-order valence-corrected chi connectivity index (χ3v) is 5.35. The van der Waals surface area contributed by atoms with E-state index >= 15 is 0 Å². The predicted molar refractivity (Wildman–Crippen MR) is 84.6 cm³/mol. The van der Waals surface area contributed by atoms with Crippen molar-refractivity contribution in [3.63, 3.8) is 0 Å². The molecule has 0 radical (unpaired) electrons. The van der Waals surface area contributed by atoms with Crippen LogP contribution >= 0.6 is 11.8 Å². The minimum absolute atomic E-state index is 0.000924. The minimum atomic E-state index is -0.312. The van der Waals surface area contributed by atoms with E-state index in [2.05, 4.69) is 22.9 Å². The molecule has 3 rings (SSSR count). The summed E-state index contributed by atoms with van der Waals surface area (Å²) in [7, 11) is 0. The highest BCUT2D eigenvalue weighted by Gasteiger charge is 2.39. The summed E-state index contributed by atoms with van der Waals surface area (Å²) in [5.41, 5.74) is 1.21. The minimum Gasteiger partial charge on any atom is -0.325 e. The zero-order valence-electron chi connectivity index (χ0n) is 12.0. The summed E-state index contributed by atoms with van der Waals surface area (Å²) in [4.78, 5) is 25.0. The molecule has 2 aliphatic rings. The molecule has 1 unspecified atom stereocenters. The Balaban J connectivity index is 1.77. The van der Waals surface area contributed by atoms with Crippen molar-refractivity contribution >= 4 is 35.0 Å². The molecular weight excluding hydrogens is 286 g/mol. The lowest BCUT2D eigenvalue weighted by molar-refractivity contribution is -0.124. The Kier molecular flexibility index (Phi) is 3.91. The quantitative estimate of drug-likeness (QED) is 0.799. The van der Waals surface area contributed by atoms with Crippen LogP contribution < -0.4 is 16.0 Å². The van der Waals surface area contributed by atoms with Gasteiger partial charge in [0, 0.05) is 17.1 Å². The van der Waals surface area contributed by atoms with E-state index in [9.17, 15) is 9.59 Å². The maximum atomic E-state index is 12.6. The number of rotatable bonds is 3. The summed E-state index contributed by atoms with van der Waals surface area (Å²) in [6.45, 7) is 3.67. The van der Waals surface area contributed by atoms with Crippen molar-refractivity contribution in [1.29, 1.82) is 0 Å². The van der Waals surface area contributed by atoms with Gasteiger partial charge >= 0.3 is 0 Å². The van der Waals surface area contributed by atoms with Crippen LogP contribution in [0.3, 0.4) is 0 Å². The number of carbonyl (C=O) groups excluding carboxylic acids is 2. The van der Waals surface area contributed by atoms with Crippen LogP contribution in [0, 0.1) is 5.41 Å². The monoisotopic (exact) mass is 305 g/mol. The second kappa shape index (κ2) is 5.69. The topological polar surface area (TPSA) is 70.2 Å². The number of nitrogens with one attached hydrogen (secondary N) is 3. The van der Waals surface area contributed by atoms with Crippen LogP contribution in [0.15, 0.2) is 23.1 Å². The fourth-order valence-electron chi connectivity index (χ4n) is 2.82. The fourth-order valence-corrected chi connectivity index (χ4v) is 3.61. The van der Waals surface area contributed by atoms with Crippen LogP contribution in [0.25, 0.3) is 0 Å². The number of hydrogen-bond donors (Lipinski definition) is 3. The van der Waals surface area contributed by atoms with E-state index in [1.807, 2.05) is 18.2 Å². The Hall–Kier alpha value is -1.53. The van der Waals surface area contributed by atoms with Gasteiger partial charge in [-0.1, -0.05) is 6.92 Å². The Bertz CT molecular complexity index is 582. The molecule has 1 atom stereocenters. The molecule has 1 fully saturated rings. The summed E-state index contributed by atoms with van der Waals surface area (Å²) >= 11 is 1.52. The fraction of sp³-hybridized carbons (Fsp3) is 0.467. The van der Waals surface area contributed by atoms with E-state index in [0.717, 1.165) is 42.2 Å². The van der Waals surface area contributed by atoms with E-state index < -0.39 is 0 Å². The SMILES string of the molecule is CCC1(C(=O)Nc2ccc3c(c2)NC(=O)CS3)CCNC1. The summed E-state index contributed by atoms with van der Waals surface area (Å²) in [6.07, 6.45) is 1.69. The van der Waals surface area contributed by atoms with Crippen molar-refractivity contribution in [2.24, 2.45) is 5.41 Å². The Morgan fingerprint density at radius 3 is 3.05 bits per heavy atom. The number of amides is 2. The first-order chi connectivity index (χ1) is 10.1. The number of thioether (sulfide) groups is 1. The van der Waals surface area contributed by atoms with Gasteiger partial charge in [0.2, 0.25) is 11.8 Å². The van der Waals surface area contributed by atoms with E-state index in [4.69, 9.17) is 0 Å². The average Bonchev–Trinajstić information content (AvgIpc) is 2.97. The van der Waals surface area contributed by atoms with Crippen LogP contribution in [-0.4, -0.2) is 30.7 Å². The molecule has 1 saturated heterocycles. The van der Waals surface area contributed by atoms with Crippen molar-refractivity contribution in [3.8, 4) is 0 Å². The molecule has 2 heterocycles. The lowest BCUT2D eigenvalue weighted by Gasteiger charge is -2.25. The van der Waals surface area contributed by atoms with Gasteiger partial charge < -0.3 is 16.0 Å². The first-order valence-electron chi connectivity index (χ1n) is 7.22. The van der Waals surface area contributed by atoms with Crippen LogP contribution in [-0.2, 0) is 9.59 Å². The predicted octanol–water partition coefficient (Wildman–Crippen LogP) is 2.06. The number of anilines is 2. The first kappa shape index (κ1) is 14.4. The highest BCUT2D eigenvalue weighted by Crippen LogP contribution is 2.35. The average molecular weight is 305 g/mol. The Labute approximate surface area is 128 Å². The molecule has 112 valence electrons. The van der Waals surface area contributed by atoms with Crippen LogP contribution in [0.5, 0.6) is 0 Å². The number of fused-ring (bicyclic) bond motifs is 1. The van der Waals surface area contributed by atoms with Gasteiger partial charge in [-0.15, -0.1) is 11.8 Å². The molecule has 1 aromatic carbocycles. The molecule has 21 heavy (non-hydrogen) atoms. The van der Waals surface area contributed by atoms with E-state index in [-0.39, 0.29) is 17.2 Å². The number of benzene rings is 1. The number of carbonyl (C=O) groups is 2. The molecule has 0 saturated carbocycles. The van der Waals surface area contributed by atoms with Gasteiger partial charge in [0.25, 0.3) is 0 Å². The van der Waals surface area contributed by atoms with Crippen molar-refractivity contribution in [3.05, 3.63) is 18.2 Å². The van der Waals surface area contributed by atoms with E-state index in [1.165, 1.54) is 11.8 Å². The maximum Gasteiger partial charge on any atom is 0.234 e. The molecule has 0 bridgehead atoms. The highest BCUT2D eigenvalue weighted by atomic mass is 32.2. The Morgan fingerprint density at radius 1 is 1.48 bits per heavy atom. The van der Waals surface area contributed by atoms with Crippen LogP contribution in [0.4, 0.5) is 11.4 Å². The summed E-state index contributed by atoms with van der Waals surface area (Å²) in [5.74, 6) is 0.509. The van der Waals surface area contributed by atoms with Gasteiger partial charge in [0.05, 0.1) is 16.9 Å². The molecule has 6 heteroatoms. The lowest BCUT2D eigenvalue weighted by atomic mass is 9.83. The summed E-state index contributed by atoms with van der Waals surface area (Å²) in [5, 5.41) is 9.11. The van der Waals surface area contributed by atoms with Crippen LogP contribution in [0.2, 0.25) is 0 Å². The molecule has 0 aromatic heterocycles. The van der Waals surface area contributed by atoms with Gasteiger partial charge in [-0.25, -0.2) is 0 Å². The molecular formula is C15H19N3O2S. The van der Waals surface area contributed by atoms with Gasteiger partial charge in [-0.05, 0) is 37.6 Å². The number of hydrogen-bond acceptors (Lipinski definition) is 4. The summed E-state index contributed by atoms with van der Waals surface area (Å²) < 4.78 is 0. The largest absolute Gasteiger partial charge is 0.325 e. The van der Waals surface area contributed by atoms with Gasteiger partial charge in [0.15, 0.2) is 0 Å². The molecule has 0 spiro atoms. The molecule has 5 nitrogen and oxygen atoms in total. The van der Waals surface area contributed by atoms with Crippen molar-refractivity contribution in [2.45, 2.75) is 24.7 Å². The zero-order valence-corrected chi connectivity index (χ0v) is 12.8. The lowest BCUT2D eigenvalue weighted by Crippen LogP contribution is -2.37.